The monoisotopic (exact) mass is 281 g/mol. The lowest BCUT2D eigenvalue weighted by atomic mass is 9.87. The molecule has 0 saturated heterocycles. The van der Waals surface area contributed by atoms with Crippen LogP contribution in [-0.2, 0) is 12.0 Å². The number of para-hydroxylation sites is 1. The lowest BCUT2D eigenvalue weighted by Gasteiger charge is -2.25. The van der Waals surface area contributed by atoms with E-state index in [0.717, 1.165) is 16.5 Å². The molecule has 1 N–H and O–H groups in total. The summed E-state index contributed by atoms with van der Waals surface area (Å²) in [6, 6.07) is 16.0. The molecule has 21 heavy (non-hydrogen) atoms. The highest BCUT2D eigenvalue weighted by Gasteiger charge is 2.27. The van der Waals surface area contributed by atoms with Crippen molar-refractivity contribution in [1.82, 2.24) is 4.98 Å². The van der Waals surface area contributed by atoms with Gasteiger partial charge >= 0.3 is 0 Å². The van der Waals surface area contributed by atoms with Crippen molar-refractivity contribution in [2.24, 2.45) is 0 Å². The summed E-state index contributed by atoms with van der Waals surface area (Å²) < 4.78 is 13.9. The highest BCUT2D eigenvalue weighted by Crippen LogP contribution is 2.29. The van der Waals surface area contributed by atoms with Crippen molar-refractivity contribution in [2.45, 2.75) is 18.9 Å². The highest BCUT2D eigenvalue weighted by atomic mass is 19.1. The van der Waals surface area contributed by atoms with E-state index >= 15 is 0 Å². The average molecular weight is 281 g/mol. The minimum atomic E-state index is -1.27. The maximum absolute atomic E-state index is 13.9. The zero-order valence-corrected chi connectivity index (χ0v) is 11.8. The number of fused-ring (bicyclic) bond motifs is 1. The van der Waals surface area contributed by atoms with Gasteiger partial charge < -0.3 is 5.11 Å². The third-order valence-corrected chi connectivity index (χ3v) is 3.73. The van der Waals surface area contributed by atoms with Crippen molar-refractivity contribution in [2.75, 3.05) is 0 Å². The minimum Gasteiger partial charge on any atom is -0.385 e. The Kier molecular flexibility index (Phi) is 3.43. The molecule has 0 amide bonds. The Labute approximate surface area is 122 Å². The molecule has 3 aromatic rings. The van der Waals surface area contributed by atoms with Gasteiger partial charge in [-0.3, -0.25) is 4.98 Å². The van der Waals surface area contributed by atoms with E-state index in [-0.39, 0.29) is 5.82 Å². The number of halogens is 1. The summed E-state index contributed by atoms with van der Waals surface area (Å²) in [5.74, 6) is -0.388. The first kappa shape index (κ1) is 13.7. The van der Waals surface area contributed by atoms with Crippen LogP contribution in [0.2, 0.25) is 0 Å². The second kappa shape index (κ2) is 5.26. The quantitative estimate of drug-likeness (QED) is 0.791. The Hall–Kier alpha value is -2.26. The number of pyridine rings is 1. The molecule has 2 nitrogen and oxygen atoms in total. The molecular formula is C18H16FNO. The van der Waals surface area contributed by atoms with Gasteiger partial charge in [0.15, 0.2) is 0 Å². The fourth-order valence-corrected chi connectivity index (χ4v) is 2.67. The third-order valence-electron chi connectivity index (χ3n) is 3.73. The largest absolute Gasteiger partial charge is 0.385 e. The van der Waals surface area contributed by atoms with Gasteiger partial charge in [0.2, 0.25) is 0 Å². The van der Waals surface area contributed by atoms with Crippen molar-refractivity contribution in [3.05, 3.63) is 77.7 Å². The van der Waals surface area contributed by atoms with E-state index in [1.54, 1.807) is 31.3 Å². The standard InChI is InChI=1S/C18H16FNO/c1-18(21,15-7-3-4-8-16(15)19)12-13-10-11-20-17-9-5-2-6-14(13)17/h2-11,21H,12H2,1H3. The summed E-state index contributed by atoms with van der Waals surface area (Å²) in [5.41, 5.74) is 0.870. The predicted octanol–water partition coefficient (Wildman–Crippen LogP) is 3.82. The van der Waals surface area contributed by atoms with Crippen LogP contribution in [0.1, 0.15) is 18.1 Å². The molecule has 0 aliphatic heterocycles. The first-order valence-electron chi connectivity index (χ1n) is 6.88. The fourth-order valence-electron chi connectivity index (χ4n) is 2.67. The highest BCUT2D eigenvalue weighted by molar-refractivity contribution is 5.81. The molecule has 0 spiro atoms. The van der Waals surface area contributed by atoms with Gasteiger partial charge in [-0.15, -0.1) is 0 Å². The summed E-state index contributed by atoms with van der Waals surface area (Å²) in [6.45, 7) is 1.64. The van der Waals surface area contributed by atoms with Crippen LogP contribution < -0.4 is 0 Å². The molecule has 1 unspecified atom stereocenters. The maximum atomic E-state index is 13.9. The van der Waals surface area contributed by atoms with Crippen LogP contribution in [0.4, 0.5) is 4.39 Å². The Bertz CT molecular complexity index is 778. The third kappa shape index (κ3) is 2.65. The van der Waals surface area contributed by atoms with Crippen LogP contribution in [0.5, 0.6) is 0 Å². The van der Waals surface area contributed by atoms with Crippen LogP contribution in [-0.4, -0.2) is 10.1 Å². The van der Waals surface area contributed by atoms with E-state index in [0.29, 0.717) is 12.0 Å². The molecule has 1 heterocycles. The van der Waals surface area contributed by atoms with Crippen molar-refractivity contribution >= 4 is 10.9 Å². The smallest absolute Gasteiger partial charge is 0.129 e. The molecule has 0 aliphatic rings. The lowest BCUT2D eigenvalue weighted by molar-refractivity contribution is 0.0541. The Balaban J connectivity index is 2.04. The number of aromatic nitrogens is 1. The number of nitrogens with zero attached hydrogens (tertiary/aromatic N) is 1. The van der Waals surface area contributed by atoms with Gasteiger partial charge in [0.1, 0.15) is 5.82 Å². The van der Waals surface area contributed by atoms with Crippen LogP contribution in [0, 0.1) is 5.82 Å². The molecule has 1 atom stereocenters. The topological polar surface area (TPSA) is 33.1 Å². The fraction of sp³-hybridized carbons (Fsp3) is 0.167. The van der Waals surface area contributed by atoms with Gasteiger partial charge in [-0.2, -0.15) is 0 Å². The molecule has 0 bridgehead atoms. The number of hydrogen-bond acceptors (Lipinski definition) is 2. The molecule has 0 aliphatic carbocycles. The second-order valence-electron chi connectivity index (χ2n) is 5.42. The summed E-state index contributed by atoms with van der Waals surface area (Å²) >= 11 is 0. The predicted molar refractivity (Wildman–Crippen MR) is 81.4 cm³/mol. The zero-order valence-electron chi connectivity index (χ0n) is 11.8. The summed E-state index contributed by atoms with van der Waals surface area (Å²) in [4.78, 5) is 4.31. The van der Waals surface area contributed by atoms with Crippen LogP contribution >= 0.6 is 0 Å². The van der Waals surface area contributed by atoms with Gasteiger partial charge in [0, 0.05) is 23.6 Å². The molecule has 0 fully saturated rings. The normalized spacial score (nSPS) is 14.0. The average Bonchev–Trinajstić information content (AvgIpc) is 2.47. The van der Waals surface area contributed by atoms with Crippen molar-refractivity contribution in [3.63, 3.8) is 0 Å². The Morgan fingerprint density at radius 2 is 1.76 bits per heavy atom. The van der Waals surface area contributed by atoms with E-state index < -0.39 is 5.60 Å². The van der Waals surface area contributed by atoms with Gasteiger partial charge in [0.05, 0.1) is 11.1 Å². The van der Waals surface area contributed by atoms with Crippen LogP contribution in [0.15, 0.2) is 60.8 Å². The molecule has 2 aromatic carbocycles. The minimum absolute atomic E-state index is 0.311. The molecule has 3 rings (SSSR count). The summed E-state index contributed by atoms with van der Waals surface area (Å²) in [7, 11) is 0. The maximum Gasteiger partial charge on any atom is 0.129 e. The van der Waals surface area contributed by atoms with Gasteiger partial charge in [-0.05, 0) is 30.7 Å². The summed E-state index contributed by atoms with van der Waals surface area (Å²) in [6.07, 6.45) is 2.05. The second-order valence-corrected chi connectivity index (χ2v) is 5.42. The van der Waals surface area contributed by atoms with E-state index in [1.165, 1.54) is 6.07 Å². The first-order valence-corrected chi connectivity index (χ1v) is 6.88. The molecule has 3 heteroatoms. The zero-order chi connectivity index (χ0) is 14.9. The van der Waals surface area contributed by atoms with E-state index in [9.17, 15) is 9.50 Å². The molecule has 1 aromatic heterocycles. The molecule has 0 radical (unpaired) electrons. The van der Waals surface area contributed by atoms with E-state index in [4.69, 9.17) is 0 Å². The number of benzene rings is 2. The lowest BCUT2D eigenvalue weighted by Crippen LogP contribution is -2.25. The number of aliphatic hydroxyl groups is 1. The van der Waals surface area contributed by atoms with Gasteiger partial charge in [-0.1, -0.05) is 36.4 Å². The Morgan fingerprint density at radius 3 is 2.57 bits per heavy atom. The van der Waals surface area contributed by atoms with Crippen LogP contribution in [0.3, 0.4) is 0 Å². The van der Waals surface area contributed by atoms with Crippen molar-refractivity contribution in [3.8, 4) is 0 Å². The summed E-state index contributed by atoms with van der Waals surface area (Å²) in [5, 5.41) is 11.7. The number of hydrogen-bond donors (Lipinski definition) is 1. The molecular weight excluding hydrogens is 265 g/mol. The SMILES string of the molecule is CC(O)(Cc1ccnc2ccccc12)c1ccccc1F. The van der Waals surface area contributed by atoms with Crippen LogP contribution in [0.25, 0.3) is 10.9 Å². The number of rotatable bonds is 3. The molecule has 106 valence electrons. The van der Waals surface area contributed by atoms with Gasteiger partial charge in [0.25, 0.3) is 0 Å². The first-order chi connectivity index (χ1) is 10.1. The van der Waals surface area contributed by atoms with Crippen molar-refractivity contribution in [1.29, 1.82) is 0 Å². The van der Waals surface area contributed by atoms with Crippen molar-refractivity contribution < 1.29 is 9.50 Å². The molecule has 0 saturated carbocycles. The Morgan fingerprint density at radius 1 is 1.05 bits per heavy atom. The van der Waals surface area contributed by atoms with E-state index in [2.05, 4.69) is 4.98 Å². The van der Waals surface area contributed by atoms with E-state index in [1.807, 2.05) is 30.3 Å². The van der Waals surface area contributed by atoms with Gasteiger partial charge in [-0.25, -0.2) is 4.39 Å².